The molecule has 0 spiro atoms. The van der Waals surface area contributed by atoms with Gasteiger partial charge in [-0.05, 0) is 35.7 Å². The highest BCUT2D eigenvalue weighted by atomic mass is 32.1. The van der Waals surface area contributed by atoms with Crippen LogP contribution in [0.1, 0.15) is 9.67 Å². The summed E-state index contributed by atoms with van der Waals surface area (Å²) in [7, 11) is 0. The first-order chi connectivity index (χ1) is 13.2. The summed E-state index contributed by atoms with van der Waals surface area (Å²) in [6, 6.07) is 21.6. The van der Waals surface area contributed by atoms with Crippen molar-refractivity contribution < 1.29 is 9.59 Å². The molecule has 1 fully saturated rings. The third-order valence-corrected chi connectivity index (χ3v) is 5.03. The number of allylic oxidation sites excluding steroid dienone is 1. The molecule has 1 aliphatic heterocycles. The van der Waals surface area contributed by atoms with Gasteiger partial charge in [-0.3, -0.25) is 19.9 Å². The summed E-state index contributed by atoms with van der Waals surface area (Å²) in [5, 5.41) is 10.4. The third-order valence-electron chi connectivity index (χ3n) is 4.15. The Hall–Kier alpha value is -3.51. The summed E-state index contributed by atoms with van der Waals surface area (Å²) >= 11 is 1.32. The van der Waals surface area contributed by atoms with E-state index in [0.29, 0.717) is 16.3 Å². The molecule has 5 nitrogen and oxygen atoms in total. The number of benzene rings is 2. The average Bonchev–Trinajstić information content (AvgIpc) is 3.31. The van der Waals surface area contributed by atoms with Gasteiger partial charge in [0.1, 0.15) is 5.70 Å². The van der Waals surface area contributed by atoms with Crippen molar-refractivity contribution in [3.8, 4) is 0 Å². The molecule has 0 saturated carbocycles. The molecule has 1 N–H and O–H groups in total. The van der Waals surface area contributed by atoms with E-state index in [2.05, 4.69) is 0 Å². The van der Waals surface area contributed by atoms with Gasteiger partial charge < -0.3 is 0 Å². The van der Waals surface area contributed by atoms with E-state index in [9.17, 15) is 9.59 Å². The number of para-hydroxylation sites is 2. The fourth-order valence-corrected chi connectivity index (χ4v) is 3.55. The topological polar surface area (TPSA) is 64.5 Å². The van der Waals surface area contributed by atoms with Crippen molar-refractivity contribution in [3.63, 3.8) is 0 Å². The van der Waals surface area contributed by atoms with Crippen LogP contribution in [-0.2, 0) is 4.79 Å². The van der Waals surface area contributed by atoms with Crippen molar-refractivity contribution in [3.05, 3.63) is 94.8 Å². The molecule has 1 saturated heterocycles. The van der Waals surface area contributed by atoms with Crippen LogP contribution in [-0.4, -0.2) is 17.6 Å². The van der Waals surface area contributed by atoms with Crippen molar-refractivity contribution in [2.75, 3.05) is 9.80 Å². The molecule has 0 unspecified atom stereocenters. The number of hydrogen-bond acceptors (Lipinski definition) is 4. The Morgan fingerprint density at radius 2 is 1.44 bits per heavy atom. The number of thiophene rings is 1. The second kappa shape index (κ2) is 7.01. The predicted octanol–water partition coefficient (Wildman–Crippen LogP) is 4.30. The second-order valence-electron chi connectivity index (χ2n) is 5.84. The maximum absolute atomic E-state index is 13.1. The number of nitrogens with zero attached hydrogens (tertiary/aromatic N) is 2. The molecule has 0 radical (unpaired) electrons. The molecule has 27 heavy (non-hydrogen) atoms. The van der Waals surface area contributed by atoms with E-state index in [1.165, 1.54) is 27.2 Å². The summed E-state index contributed by atoms with van der Waals surface area (Å²) in [4.78, 5) is 29.1. The maximum atomic E-state index is 13.1. The van der Waals surface area contributed by atoms with E-state index in [-0.39, 0.29) is 17.4 Å². The van der Waals surface area contributed by atoms with Crippen LogP contribution in [0.3, 0.4) is 0 Å². The van der Waals surface area contributed by atoms with Gasteiger partial charge in [0.2, 0.25) is 5.96 Å². The van der Waals surface area contributed by atoms with Gasteiger partial charge in [-0.1, -0.05) is 42.5 Å². The van der Waals surface area contributed by atoms with Crippen molar-refractivity contribution in [2.24, 2.45) is 0 Å². The van der Waals surface area contributed by atoms with Crippen molar-refractivity contribution in [1.82, 2.24) is 0 Å². The summed E-state index contributed by atoms with van der Waals surface area (Å²) < 4.78 is 0. The summed E-state index contributed by atoms with van der Waals surface area (Å²) in [6.07, 6.45) is 1.32. The molecule has 1 amide bonds. The van der Waals surface area contributed by atoms with Crippen LogP contribution in [0.2, 0.25) is 0 Å². The van der Waals surface area contributed by atoms with Crippen molar-refractivity contribution in [2.45, 2.75) is 0 Å². The van der Waals surface area contributed by atoms with E-state index in [4.69, 9.17) is 5.41 Å². The average molecular weight is 373 g/mol. The van der Waals surface area contributed by atoms with Crippen LogP contribution >= 0.6 is 11.3 Å². The van der Waals surface area contributed by atoms with Crippen LogP contribution in [0.15, 0.2) is 89.9 Å². The molecule has 1 aliphatic rings. The van der Waals surface area contributed by atoms with E-state index in [0.717, 1.165) is 0 Å². The summed E-state index contributed by atoms with van der Waals surface area (Å²) in [5.74, 6) is -0.667. The van der Waals surface area contributed by atoms with Gasteiger partial charge in [0.25, 0.3) is 5.91 Å². The minimum absolute atomic E-state index is 0.0115. The Morgan fingerprint density at radius 1 is 0.852 bits per heavy atom. The lowest BCUT2D eigenvalue weighted by molar-refractivity contribution is -0.113. The van der Waals surface area contributed by atoms with E-state index in [1.54, 1.807) is 48.5 Å². The fourth-order valence-electron chi connectivity index (χ4n) is 2.92. The van der Waals surface area contributed by atoms with Gasteiger partial charge in [0, 0.05) is 11.8 Å². The van der Waals surface area contributed by atoms with Gasteiger partial charge in [-0.15, -0.1) is 11.3 Å². The van der Waals surface area contributed by atoms with Crippen LogP contribution in [0, 0.1) is 5.41 Å². The SMILES string of the molecule is N=C1N(c2ccccc2)C(=O)C(=CC(=O)c2cccs2)N1c1ccccc1. The van der Waals surface area contributed by atoms with Crippen molar-refractivity contribution >= 4 is 40.4 Å². The Labute approximate surface area is 160 Å². The predicted molar refractivity (Wildman–Crippen MR) is 107 cm³/mol. The first-order valence-corrected chi connectivity index (χ1v) is 9.17. The number of anilines is 2. The monoisotopic (exact) mass is 373 g/mol. The van der Waals surface area contributed by atoms with Gasteiger partial charge in [0.05, 0.1) is 10.6 Å². The van der Waals surface area contributed by atoms with Crippen molar-refractivity contribution in [1.29, 1.82) is 5.41 Å². The van der Waals surface area contributed by atoms with Gasteiger partial charge in [0.15, 0.2) is 5.78 Å². The first kappa shape index (κ1) is 16.9. The molecule has 132 valence electrons. The highest BCUT2D eigenvalue weighted by Gasteiger charge is 2.40. The Kier molecular flexibility index (Phi) is 4.40. The molecule has 2 aromatic carbocycles. The summed E-state index contributed by atoms with van der Waals surface area (Å²) in [6.45, 7) is 0. The Bertz CT molecular complexity index is 1030. The highest BCUT2D eigenvalue weighted by molar-refractivity contribution is 7.12. The Balaban J connectivity index is 1.82. The van der Waals surface area contributed by atoms with E-state index < -0.39 is 5.91 Å². The molecule has 3 aromatic rings. The lowest BCUT2D eigenvalue weighted by atomic mass is 10.2. The standard InChI is InChI=1S/C21H15N3O2S/c22-21-23(15-8-3-1-4-9-15)17(14-18(25)19-12-7-13-27-19)20(26)24(21)16-10-5-2-6-11-16/h1-14,22H. The number of guanidine groups is 1. The number of ketones is 1. The number of carbonyl (C=O) groups is 2. The maximum Gasteiger partial charge on any atom is 0.282 e. The molecule has 6 heteroatoms. The minimum atomic E-state index is -0.403. The third kappa shape index (κ3) is 3.07. The quantitative estimate of drug-likeness (QED) is 0.548. The second-order valence-corrected chi connectivity index (χ2v) is 6.79. The fraction of sp³-hybridized carbons (Fsp3) is 0. The van der Waals surface area contributed by atoms with Gasteiger partial charge in [-0.2, -0.15) is 0 Å². The van der Waals surface area contributed by atoms with Crippen LogP contribution in [0.4, 0.5) is 11.4 Å². The molecule has 1 aromatic heterocycles. The molecular weight excluding hydrogens is 358 g/mol. The molecular formula is C21H15N3O2S. The van der Waals surface area contributed by atoms with Gasteiger partial charge in [-0.25, -0.2) is 4.90 Å². The van der Waals surface area contributed by atoms with Gasteiger partial charge >= 0.3 is 0 Å². The normalized spacial score (nSPS) is 15.6. The minimum Gasteiger partial charge on any atom is -0.288 e. The lowest BCUT2D eigenvalue weighted by Gasteiger charge is -2.20. The van der Waals surface area contributed by atoms with Crippen LogP contribution in [0.5, 0.6) is 0 Å². The van der Waals surface area contributed by atoms with Crippen LogP contribution in [0.25, 0.3) is 0 Å². The highest BCUT2D eigenvalue weighted by Crippen LogP contribution is 2.31. The number of hydrogen-bond donors (Lipinski definition) is 1. The first-order valence-electron chi connectivity index (χ1n) is 8.29. The largest absolute Gasteiger partial charge is 0.288 e. The molecule has 2 heterocycles. The van der Waals surface area contributed by atoms with E-state index >= 15 is 0 Å². The summed E-state index contributed by atoms with van der Waals surface area (Å²) in [5.41, 5.74) is 1.40. The molecule has 0 bridgehead atoms. The van der Waals surface area contributed by atoms with E-state index in [1.807, 2.05) is 29.6 Å². The lowest BCUT2D eigenvalue weighted by Crippen LogP contribution is -2.33. The number of amides is 1. The zero-order valence-corrected chi connectivity index (χ0v) is 15.0. The molecule has 4 rings (SSSR count). The molecule has 0 aliphatic carbocycles. The number of rotatable bonds is 4. The smallest absolute Gasteiger partial charge is 0.282 e. The Morgan fingerprint density at radius 3 is 2.00 bits per heavy atom. The number of nitrogens with one attached hydrogen (secondary N) is 1. The zero-order chi connectivity index (χ0) is 18.8. The molecule has 0 atom stereocenters. The van der Waals surface area contributed by atoms with Crippen LogP contribution < -0.4 is 9.80 Å². The zero-order valence-electron chi connectivity index (χ0n) is 14.2. The number of carbonyl (C=O) groups excluding carboxylic acids is 2.